The van der Waals surface area contributed by atoms with Crippen molar-refractivity contribution in [3.05, 3.63) is 17.3 Å². The van der Waals surface area contributed by atoms with Gasteiger partial charge in [0.15, 0.2) is 0 Å². The Morgan fingerprint density at radius 2 is 2.36 bits per heavy atom. The number of aryl methyl sites for hydroxylation is 1. The summed E-state index contributed by atoms with van der Waals surface area (Å²) in [5.74, 6) is 0.599. The molecule has 11 heavy (non-hydrogen) atoms. The molecule has 0 aliphatic heterocycles. The molecule has 1 aromatic rings. The van der Waals surface area contributed by atoms with E-state index in [1.807, 2.05) is 6.92 Å². The molecule has 1 rings (SSSR count). The number of alkyl halides is 1. The Morgan fingerprint density at radius 3 is 2.82 bits per heavy atom. The number of halogens is 1. The molecule has 0 amide bonds. The third-order valence-corrected chi connectivity index (χ3v) is 2.02. The third kappa shape index (κ3) is 1.68. The second kappa shape index (κ2) is 3.67. The van der Waals surface area contributed by atoms with Gasteiger partial charge in [0.05, 0.1) is 13.3 Å². The van der Waals surface area contributed by atoms with Crippen LogP contribution in [0.5, 0.6) is 5.88 Å². The summed E-state index contributed by atoms with van der Waals surface area (Å²) >= 11 is 3.35. The van der Waals surface area contributed by atoms with Gasteiger partial charge in [0, 0.05) is 10.9 Å². The summed E-state index contributed by atoms with van der Waals surface area (Å²) in [5.41, 5.74) is 2.15. The molecule has 0 N–H and O–H groups in total. The van der Waals surface area contributed by atoms with Gasteiger partial charge in [-0.25, -0.2) is 0 Å². The largest absolute Gasteiger partial charge is 0.480 e. The minimum absolute atomic E-state index is 0.599. The SMILES string of the molecule is COc1nncc(C)c1CBr. The fraction of sp³-hybridized carbons (Fsp3) is 0.429. The van der Waals surface area contributed by atoms with Gasteiger partial charge in [-0.05, 0) is 12.5 Å². The monoisotopic (exact) mass is 216 g/mol. The summed E-state index contributed by atoms with van der Waals surface area (Å²) in [6.45, 7) is 1.98. The maximum Gasteiger partial charge on any atom is 0.237 e. The molecule has 1 aromatic heterocycles. The van der Waals surface area contributed by atoms with Crippen molar-refractivity contribution in [1.82, 2.24) is 10.2 Å². The molecule has 1 heterocycles. The first-order chi connectivity index (χ1) is 5.29. The molecule has 0 bridgehead atoms. The number of rotatable bonds is 2. The number of aromatic nitrogens is 2. The van der Waals surface area contributed by atoms with Gasteiger partial charge in [-0.2, -0.15) is 5.10 Å². The van der Waals surface area contributed by atoms with Gasteiger partial charge in [-0.15, -0.1) is 5.10 Å². The molecule has 0 spiro atoms. The standard InChI is InChI=1S/C7H9BrN2O/c1-5-4-9-10-7(11-2)6(5)3-8/h4H,3H2,1-2H3. The van der Waals surface area contributed by atoms with E-state index in [2.05, 4.69) is 26.1 Å². The molecule has 0 aliphatic rings. The van der Waals surface area contributed by atoms with Gasteiger partial charge in [0.1, 0.15) is 0 Å². The summed E-state index contributed by atoms with van der Waals surface area (Å²) < 4.78 is 5.01. The average Bonchev–Trinajstić information content (AvgIpc) is 2.04. The highest BCUT2D eigenvalue weighted by Gasteiger charge is 2.05. The fourth-order valence-electron chi connectivity index (χ4n) is 0.801. The predicted octanol–water partition coefficient (Wildman–Crippen LogP) is 1.69. The molecule has 0 saturated heterocycles. The van der Waals surface area contributed by atoms with E-state index < -0.39 is 0 Å². The van der Waals surface area contributed by atoms with Gasteiger partial charge in [-0.1, -0.05) is 15.9 Å². The van der Waals surface area contributed by atoms with Crippen LogP contribution >= 0.6 is 15.9 Å². The van der Waals surface area contributed by atoms with Crippen molar-refractivity contribution >= 4 is 15.9 Å². The lowest BCUT2D eigenvalue weighted by Crippen LogP contribution is -1.97. The molecule has 0 aliphatic carbocycles. The van der Waals surface area contributed by atoms with Gasteiger partial charge < -0.3 is 4.74 Å². The van der Waals surface area contributed by atoms with Crippen molar-refractivity contribution in [2.45, 2.75) is 12.3 Å². The van der Waals surface area contributed by atoms with E-state index in [0.29, 0.717) is 5.88 Å². The highest BCUT2D eigenvalue weighted by Crippen LogP contribution is 2.19. The number of hydrogen-bond donors (Lipinski definition) is 0. The molecule has 60 valence electrons. The van der Waals surface area contributed by atoms with Crippen LogP contribution in [0, 0.1) is 6.92 Å². The third-order valence-electron chi connectivity index (χ3n) is 1.46. The maximum absolute atomic E-state index is 5.01. The Kier molecular flexibility index (Phi) is 2.82. The van der Waals surface area contributed by atoms with E-state index in [0.717, 1.165) is 16.5 Å². The molecule has 0 unspecified atom stereocenters. The quantitative estimate of drug-likeness (QED) is 0.707. The Balaban J connectivity index is 3.13. The number of methoxy groups -OCH3 is 1. The van der Waals surface area contributed by atoms with Crippen LogP contribution in [0.15, 0.2) is 6.20 Å². The van der Waals surface area contributed by atoms with Gasteiger partial charge in [0.2, 0.25) is 5.88 Å². The van der Waals surface area contributed by atoms with E-state index in [9.17, 15) is 0 Å². The summed E-state index contributed by atoms with van der Waals surface area (Å²) in [6, 6.07) is 0. The lowest BCUT2D eigenvalue weighted by atomic mass is 10.2. The fourth-order valence-corrected chi connectivity index (χ4v) is 1.48. The van der Waals surface area contributed by atoms with Gasteiger partial charge in [0.25, 0.3) is 0 Å². The molecule has 0 fully saturated rings. The van der Waals surface area contributed by atoms with Crippen molar-refractivity contribution < 1.29 is 4.74 Å². The smallest absolute Gasteiger partial charge is 0.237 e. The van der Waals surface area contributed by atoms with E-state index in [1.54, 1.807) is 13.3 Å². The van der Waals surface area contributed by atoms with Crippen LogP contribution in [-0.4, -0.2) is 17.3 Å². The van der Waals surface area contributed by atoms with Crippen LogP contribution in [0.25, 0.3) is 0 Å². The van der Waals surface area contributed by atoms with E-state index >= 15 is 0 Å². The second-order valence-corrected chi connectivity index (χ2v) is 2.71. The molecule has 0 atom stereocenters. The first-order valence-electron chi connectivity index (χ1n) is 3.20. The molecular weight excluding hydrogens is 208 g/mol. The lowest BCUT2D eigenvalue weighted by molar-refractivity contribution is 0.387. The lowest BCUT2D eigenvalue weighted by Gasteiger charge is -2.04. The van der Waals surface area contributed by atoms with Crippen LogP contribution in [0.1, 0.15) is 11.1 Å². The van der Waals surface area contributed by atoms with Crippen molar-refractivity contribution in [1.29, 1.82) is 0 Å². The van der Waals surface area contributed by atoms with Crippen LogP contribution in [0.4, 0.5) is 0 Å². The van der Waals surface area contributed by atoms with Crippen LogP contribution in [0.3, 0.4) is 0 Å². The first-order valence-corrected chi connectivity index (χ1v) is 4.33. The summed E-state index contributed by atoms with van der Waals surface area (Å²) in [7, 11) is 1.59. The average molecular weight is 217 g/mol. The van der Waals surface area contributed by atoms with Crippen LogP contribution < -0.4 is 4.74 Å². The highest BCUT2D eigenvalue weighted by atomic mass is 79.9. The zero-order valence-corrected chi connectivity index (χ0v) is 8.05. The molecule has 0 radical (unpaired) electrons. The first kappa shape index (κ1) is 8.46. The van der Waals surface area contributed by atoms with Gasteiger partial charge >= 0.3 is 0 Å². The number of nitrogens with zero attached hydrogens (tertiary/aromatic N) is 2. The summed E-state index contributed by atoms with van der Waals surface area (Å²) in [4.78, 5) is 0. The molecular formula is C7H9BrN2O. The van der Waals surface area contributed by atoms with Crippen molar-refractivity contribution in [3.63, 3.8) is 0 Å². The Hall–Kier alpha value is -0.640. The predicted molar refractivity (Wildman–Crippen MR) is 46.0 cm³/mol. The zero-order valence-electron chi connectivity index (χ0n) is 6.47. The Labute approximate surface area is 73.9 Å². The Morgan fingerprint density at radius 1 is 1.64 bits per heavy atom. The number of hydrogen-bond acceptors (Lipinski definition) is 3. The molecule has 0 aromatic carbocycles. The van der Waals surface area contributed by atoms with E-state index in [4.69, 9.17) is 4.74 Å². The summed E-state index contributed by atoms with van der Waals surface area (Å²) in [5, 5.41) is 8.34. The number of ether oxygens (including phenoxy) is 1. The normalized spacial score (nSPS) is 9.73. The minimum atomic E-state index is 0.599. The summed E-state index contributed by atoms with van der Waals surface area (Å²) in [6.07, 6.45) is 1.72. The zero-order chi connectivity index (χ0) is 8.27. The molecule has 3 nitrogen and oxygen atoms in total. The Bertz CT molecular complexity index is 252. The van der Waals surface area contributed by atoms with E-state index in [1.165, 1.54) is 0 Å². The van der Waals surface area contributed by atoms with Crippen molar-refractivity contribution in [2.24, 2.45) is 0 Å². The molecule has 4 heteroatoms. The van der Waals surface area contributed by atoms with Crippen molar-refractivity contribution in [3.8, 4) is 5.88 Å². The topological polar surface area (TPSA) is 35.0 Å². The van der Waals surface area contributed by atoms with E-state index in [-0.39, 0.29) is 0 Å². The maximum atomic E-state index is 5.01. The second-order valence-electron chi connectivity index (χ2n) is 2.15. The molecule has 0 saturated carbocycles. The van der Waals surface area contributed by atoms with Crippen LogP contribution in [0.2, 0.25) is 0 Å². The van der Waals surface area contributed by atoms with Crippen LogP contribution in [-0.2, 0) is 5.33 Å². The van der Waals surface area contributed by atoms with Gasteiger partial charge in [-0.3, -0.25) is 0 Å². The highest BCUT2D eigenvalue weighted by molar-refractivity contribution is 9.08. The minimum Gasteiger partial charge on any atom is -0.480 e. The van der Waals surface area contributed by atoms with Crippen molar-refractivity contribution in [2.75, 3.05) is 7.11 Å².